The molecule has 2 aromatic rings. The van der Waals surface area contributed by atoms with Gasteiger partial charge in [-0.2, -0.15) is 0 Å². The van der Waals surface area contributed by atoms with Gasteiger partial charge in [0, 0.05) is 22.6 Å². The van der Waals surface area contributed by atoms with Gasteiger partial charge in [0.2, 0.25) is 0 Å². The van der Waals surface area contributed by atoms with Gasteiger partial charge in [-0.1, -0.05) is 47.6 Å². The third-order valence-corrected chi connectivity index (χ3v) is 4.90. The van der Waals surface area contributed by atoms with Gasteiger partial charge in [0.05, 0.1) is 5.52 Å². The van der Waals surface area contributed by atoms with Gasteiger partial charge in [-0.05, 0) is 29.5 Å². The molecule has 0 spiro atoms. The van der Waals surface area contributed by atoms with E-state index in [0.29, 0.717) is 5.92 Å². The van der Waals surface area contributed by atoms with Crippen LogP contribution in [0, 0.1) is 17.2 Å². The Bertz CT molecular complexity index is 625. The van der Waals surface area contributed by atoms with Gasteiger partial charge in [-0.25, -0.2) is 4.39 Å². The molecule has 0 saturated carbocycles. The Hall–Kier alpha value is -1.44. The van der Waals surface area contributed by atoms with Crippen molar-refractivity contribution in [2.75, 3.05) is 0 Å². The first-order chi connectivity index (χ1) is 9.16. The van der Waals surface area contributed by atoms with Crippen molar-refractivity contribution in [1.29, 1.82) is 0 Å². The fourth-order valence-electron chi connectivity index (χ4n) is 2.93. The summed E-state index contributed by atoms with van der Waals surface area (Å²) < 4.78 is 13.4. The minimum atomic E-state index is -0.232. The first-order valence-corrected chi connectivity index (χ1v) is 7.23. The molecule has 1 aromatic heterocycles. The summed E-state index contributed by atoms with van der Waals surface area (Å²) in [6, 6.07) is 8.91. The number of benzene rings is 1. The average Bonchev–Trinajstić information content (AvgIpc) is 2.35. The van der Waals surface area contributed by atoms with Gasteiger partial charge >= 0.3 is 0 Å². The minimum absolute atomic E-state index is 0.0620. The van der Waals surface area contributed by atoms with Crippen LogP contribution in [0.4, 0.5) is 4.39 Å². The van der Waals surface area contributed by atoms with E-state index < -0.39 is 0 Å². The van der Waals surface area contributed by atoms with E-state index in [0.717, 1.165) is 16.6 Å². The molecule has 1 nitrogen and oxygen atoms in total. The molecule has 0 aliphatic heterocycles. The number of pyridine rings is 1. The lowest BCUT2D eigenvalue weighted by Gasteiger charge is -2.45. The highest BCUT2D eigenvalue weighted by Gasteiger charge is 2.42. The van der Waals surface area contributed by atoms with E-state index in [2.05, 4.69) is 47.6 Å². The van der Waals surface area contributed by atoms with Gasteiger partial charge in [0.25, 0.3) is 0 Å². The smallest absolute Gasteiger partial charge is 0.125 e. The van der Waals surface area contributed by atoms with Crippen molar-refractivity contribution in [3.05, 3.63) is 41.8 Å². The zero-order chi connectivity index (χ0) is 15.1. The van der Waals surface area contributed by atoms with Gasteiger partial charge < -0.3 is 0 Å². The fourth-order valence-corrected chi connectivity index (χ4v) is 2.93. The van der Waals surface area contributed by atoms with Gasteiger partial charge in [0.1, 0.15) is 5.82 Å². The first-order valence-electron chi connectivity index (χ1n) is 7.23. The lowest BCUT2D eigenvalue weighted by Crippen LogP contribution is -2.42. The normalized spacial score (nSPS) is 15.6. The number of aromatic nitrogens is 1. The van der Waals surface area contributed by atoms with Crippen molar-refractivity contribution in [3.63, 3.8) is 0 Å². The Morgan fingerprint density at radius 2 is 1.60 bits per heavy atom. The summed E-state index contributed by atoms with van der Waals surface area (Å²) in [5, 5.41) is 0.982. The molecule has 0 aliphatic rings. The van der Waals surface area contributed by atoms with Gasteiger partial charge in [-0.3, -0.25) is 4.98 Å². The number of nitrogens with zero attached hydrogens (tertiary/aromatic N) is 1. The molecule has 0 fully saturated rings. The van der Waals surface area contributed by atoms with E-state index in [1.54, 1.807) is 6.07 Å². The Morgan fingerprint density at radius 3 is 2.15 bits per heavy atom. The predicted molar refractivity (Wildman–Crippen MR) is 83.3 cm³/mol. The van der Waals surface area contributed by atoms with Gasteiger partial charge in [-0.15, -0.1) is 0 Å². The molecule has 2 heteroatoms. The second-order valence-corrected chi connectivity index (χ2v) is 7.14. The van der Waals surface area contributed by atoms with Crippen LogP contribution < -0.4 is 0 Å². The highest BCUT2D eigenvalue weighted by molar-refractivity contribution is 5.78. The van der Waals surface area contributed by atoms with E-state index >= 15 is 0 Å². The Balaban J connectivity index is 2.66. The summed E-state index contributed by atoms with van der Waals surface area (Å²) in [7, 11) is 0. The van der Waals surface area contributed by atoms with Crippen molar-refractivity contribution in [3.8, 4) is 0 Å². The van der Waals surface area contributed by atoms with Crippen molar-refractivity contribution >= 4 is 10.9 Å². The van der Waals surface area contributed by atoms with Crippen LogP contribution >= 0.6 is 0 Å². The Morgan fingerprint density at radius 1 is 1.00 bits per heavy atom. The highest BCUT2D eigenvalue weighted by Crippen LogP contribution is 2.46. The summed E-state index contributed by atoms with van der Waals surface area (Å²) in [6.07, 6.45) is 0. The van der Waals surface area contributed by atoms with Crippen molar-refractivity contribution in [2.45, 2.75) is 47.0 Å². The van der Waals surface area contributed by atoms with Crippen LogP contribution in [0.2, 0.25) is 0 Å². The summed E-state index contributed by atoms with van der Waals surface area (Å²) in [6.45, 7) is 13.4. The molecule has 0 unspecified atom stereocenters. The maximum Gasteiger partial charge on any atom is 0.125 e. The molecule has 0 bridgehead atoms. The quantitative estimate of drug-likeness (QED) is 0.720. The molecule has 0 saturated heterocycles. The fraction of sp³-hybridized carbons (Fsp3) is 0.500. The monoisotopic (exact) mass is 273 g/mol. The van der Waals surface area contributed by atoms with Crippen LogP contribution in [-0.4, -0.2) is 4.98 Å². The molecule has 0 aliphatic carbocycles. The minimum Gasteiger partial charge on any atom is -0.252 e. The van der Waals surface area contributed by atoms with E-state index in [-0.39, 0.29) is 16.6 Å². The third-order valence-electron chi connectivity index (χ3n) is 4.90. The molecule has 2 rings (SSSR count). The Labute approximate surface area is 121 Å². The summed E-state index contributed by atoms with van der Waals surface area (Å²) in [5.74, 6) is 0.213. The van der Waals surface area contributed by atoms with E-state index in [9.17, 15) is 4.39 Å². The standard InChI is InChI=1S/C18H24FN/c1-12(2)18(6,17(3,4)5)16-10-8-13-7-9-14(19)11-15(13)20-16/h7-12H,1-6H3/t18-/m1/s1. The third kappa shape index (κ3) is 2.32. The van der Waals surface area contributed by atoms with Gasteiger partial charge in [0.15, 0.2) is 0 Å². The van der Waals surface area contributed by atoms with Crippen molar-refractivity contribution in [2.24, 2.45) is 11.3 Å². The second kappa shape index (κ2) is 4.83. The van der Waals surface area contributed by atoms with Crippen LogP contribution in [0.15, 0.2) is 30.3 Å². The zero-order valence-electron chi connectivity index (χ0n) is 13.3. The lowest BCUT2D eigenvalue weighted by atomic mass is 9.60. The molecule has 1 heterocycles. The van der Waals surface area contributed by atoms with E-state index in [4.69, 9.17) is 4.98 Å². The topological polar surface area (TPSA) is 12.9 Å². The second-order valence-electron chi connectivity index (χ2n) is 7.14. The largest absolute Gasteiger partial charge is 0.252 e. The number of hydrogen-bond donors (Lipinski definition) is 0. The molecule has 108 valence electrons. The summed E-state index contributed by atoms with van der Waals surface area (Å²) >= 11 is 0. The molecule has 0 radical (unpaired) electrons. The molecule has 1 atom stereocenters. The highest BCUT2D eigenvalue weighted by atomic mass is 19.1. The number of rotatable bonds is 2. The summed E-state index contributed by atoms with van der Waals surface area (Å²) in [4.78, 5) is 4.76. The molecule has 1 aromatic carbocycles. The van der Waals surface area contributed by atoms with Crippen LogP contribution in [0.25, 0.3) is 10.9 Å². The Kier molecular flexibility index (Phi) is 3.62. The lowest BCUT2D eigenvalue weighted by molar-refractivity contribution is 0.137. The summed E-state index contributed by atoms with van der Waals surface area (Å²) in [5.41, 5.74) is 1.79. The number of hydrogen-bond acceptors (Lipinski definition) is 1. The van der Waals surface area contributed by atoms with Crippen LogP contribution in [0.5, 0.6) is 0 Å². The maximum absolute atomic E-state index is 13.4. The number of fused-ring (bicyclic) bond motifs is 1. The molecule has 0 amide bonds. The van der Waals surface area contributed by atoms with Crippen molar-refractivity contribution in [1.82, 2.24) is 4.98 Å². The number of halogens is 1. The van der Waals surface area contributed by atoms with Crippen LogP contribution in [0.3, 0.4) is 0 Å². The van der Waals surface area contributed by atoms with Crippen molar-refractivity contribution < 1.29 is 4.39 Å². The molecular formula is C18H24FN. The van der Waals surface area contributed by atoms with E-state index in [1.165, 1.54) is 12.1 Å². The van der Waals surface area contributed by atoms with Crippen LogP contribution in [0.1, 0.15) is 47.2 Å². The zero-order valence-corrected chi connectivity index (χ0v) is 13.3. The van der Waals surface area contributed by atoms with E-state index in [1.807, 2.05) is 6.07 Å². The molecule has 20 heavy (non-hydrogen) atoms. The molecule has 0 N–H and O–H groups in total. The maximum atomic E-state index is 13.4. The predicted octanol–water partition coefficient (Wildman–Crippen LogP) is 5.33. The average molecular weight is 273 g/mol. The first kappa shape index (κ1) is 15.0. The SMILES string of the molecule is CC(C)[C@](C)(c1ccc2ccc(F)cc2n1)C(C)(C)C. The van der Waals surface area contributed by atoms with Crippen LogP contribution in [-0.2, 0) is 5.41 Å². The molecular weight excluding hydrogens is 249 g/mol.